The molecule has 0 aliphatic rings. The van der Waals surface area contributed by atoms with E-state index in [-0.39, 0.29) is 633 Å². The number of hydrogen-bond acceptors (Lipinski definition) is 62. The number of aliphatic hydroxyl groups is 62. The first kappa shape index (κ1) is 327. The Morgan fingerprint density at radius 3 is 0.156 bits per heavy atom. The Balaban J connectivity index is -0.0000000126. The second-order valence-electron chi connectivity index (χ2n) is 17.4. The Morgan fingerprint density at radius 1 is 0.121 bits per heavy atom. The third-order valence-corrected chi connectivity index (χ3v) is 5.70. The van der Waals surface area contributed by atoms with Crippen molar-refractivity contribution >= 4 is 0 Å². The van der Waals surface area contributed by atoms with E-state index in [2.05, 4.69) is 0 Å². The van der Waals surface area contributed by atoms with E-state index in [1.165, 1.54) is 13.8 Å². The fourth-order valence-electron chi connectivity index (χ4n) is 2.20. The molecule has 0 bridgehead atoms. The molecule has 0 amide bonds. The molecule has 88 N–H and O–H groups in total. The summed E-state index contributed by atoms with van der Waals surface area (Å²) in [6, 6.07) is 0. The summed E-state index contributed by atoms with van der Waals surface area (Å²) in [5, 5.41) is 485. The van der Waals surface area contributed by atoms with Crippen LogP contribution in [0.25, 0.3) is 0 Å². The van der Waals surface area contributed by atoms with Crippen molar-refractivity contribution in [3.8, 4) is 0 Å². The summed E-state index contributed by atoms with van der Waals surface area (Å²) >= 11 is 0. The Kier molecular flexibility index (Phi) is 691. The van der Waals surface area contributed by atoms with Gasteiger partial charge in [0.25, 0.3) is 0 Å². The zero-order valence-electron chi connectivity index (χ0n) is 79.1. The van der Waals surface area contributed by atoms with Crippen LogP contribution in [0.1, 0.15) is 107 Å². The zero-order valence-corrected chi connectivity index (χ0v) is 152. The van der Waals surface area contributed by atoms with Crippen LogP contribution >= 0.6 is 0 Å². The molecule has 0 unspecified atom stereocenters. The van der Waals surface area contributed by atoms with Gasteiger partial charge in [-0.2, -0.15) is 0 Å². The average Bonchev–Trinajstić information content (AvgIpc) is 1.12. The fourth-order valence-corrected chi connectivity index (χ4v) is 2.20. The summed E-state index contributed by atoms with van der Waals surface area (Å²) in [6.45, 7) is -1.46. The minimum Gasteiger partial charge on any atom is -0.457 e. The van der Waals surface area contributed by atoms with Crippen LogP contribution in [0.5, 0.6) is 0 Å². The van der Waals surface area contributed by atoms with E-state index in [1.54, 1.807) is 0 Å². The van der Waals surface area contributed by atoms with Crippen molar-refractivity contribution in [1.29, 1.82) is 0 Å². The molecular formula is C50H170Cd18O73+4. The molecule has 73 nitrogen and oxygen atoms in total. The summed E-state index contributed by atoms with van der Waals surface area (Å²) in [6.07, 6.45) is -39.5. The Hall–Kier alpha value is 13.7. The molecule has 91 heteroatoms. The van der Waals surface area contributed by atoms with Crippen molar-refractivity contribution in [1.82, 2.24) is 0 Å². The first-order valence-corrected chi connectivity index (χ1v) is 30.0. The van der Waals surface area contributed by atoms with Crippen LogP contribution in [0.15, 0.2) is 0 Å². The molecule has 0 atom stereocenters. The van der Waals surface area contributed by atoms with E-state index >= 15 is 0 Å². The summed E-state index contributed by atoms with van der Waals surface area (Å²) in [7, 11) is 0. The van der Waals surface area contributed by atoms with E-state index in [0.29, 0.717) is 0 Å². The summed E-state index contributed by atoms with van der Waals surface area (Å²) < 4.78 is 0. The fraction of sp³-hybridized carbons (Fsp3) is 1.00. The quantitative estimate of drug-likeness (QED) is 0.0196. The molecule has 0 aliphatic carbocycles. The molecule has 0 aliphatic heterocycles. The van der Waals surface area contributed by atoms with E-state index in [1.807, 2.05) is 0 Å². The van der Waals surface area contributed by atoms with E-state index < -0.39 is 229 Å². The second kappa shape index (κ2) is 298. The third kappa shape index (κ3) is 872. The van der Waals surface area contributed by atoms with Gasteiger partial charge < -0.3 is 377 Å². The number of hydrogen-bond donors (Lipinski definition) is 62. The smallest absolute Gasteiger partial charge is 0.156 e. The molecule has 0 aromatic heterocycles. The van der Waals surface area contributed by atoms with Crippen LogP contribution in [-0.4, -0.2) is 573 Å². The van der Waals surface area contributed by atoms with Crippen LogP contribution in [0.4, 0.5) is 0 Å². The number of rotatable bonds is 28. The van der Waals surface area contributed by atoms with Crippen LogP contribution in [0.3, 0.4) is 0 Å². The number of aliphatic hydroxyl groups excluding tert-OH is 34. The second-order valence-corrected chi connectivity index (χ2v) is 17.4. The van der Waals surface area contributed by atoms with Crippen LogP contribution in [0, 0.1) is 0 Å². The van der Waals surface area contributed by atoms with Crippen LogP contribution < -0.4 is 0 Å². The monoisotopic (exact) mass is 3990 g/mol. The maximum absolute atomic E-state index is 7.96. The molecule has 840 valence electrons. The molecular weight excluding hydrogens is 3790 g/mol. The van der Waals surface area contributed by atoms with Gasteiger partial charge in [-0.05, 0) is 13.8 Å². The molecule has 0 saturated carbocycles. The third-order valence-electron chi connectivity index (χ3n) is 5.70. The van der Waals surface area contributed by atoms with Gasteiger partial charge in [-0.25, -0.2) is 0 Å². The minimum atomic E-state index is -1.63. The molecule has 0 aromatic rings. The van der Waals surface area contributed by atoms with Crippen LogP contribution in [-0.2, 0) is 513 Å². The standard InChI is InChI=1S/8C3H8O4.6C3H8O3.2C2H6O2.4CH4O2.18Cd.11H2O.2H2/c8*4-2(5)1-3(6)7;6*4-2-1-3(5)6;2*1-2(3)4;4*2-1-3;;;;;;;;;;;;;;;;;;;;;;;;;;;;;;;/h8*2-7H,1H2;6*3-6H,1-2H2;2*2-4H,1H3;4*2-3H,1H2;;;;;;;;;;;;;;;;;;;11*1H2;2*1H/p+4. The van der Waals surface area contributed by atoms with Gasteiger partial charge in [0.15, 0.2) is 138 Å². The first-order valence-electron chi connectivity index (χ1n) is 30.0. The maximum Gasteiger partial charge on any atom is 0.156 e. The van der Waals surface area contributed by atoms with Gasteiger partial charge in [0.05, 0.1) is 0 Å². The van der Waals surface area contributed by atoms with Crippen molar-refractivity contribution in [2.45, 2.75) is 255 Å². The molecule has 0 aromatic carbocycles. The van der Waals surface area contributed by atoms with Crippen molar-refractivity contribution in [2.75, 3.05) is 66.8 Å². The van der Waals surface area contributed by atoms with Gasteiger partial charge in [-0.15, -0.1) is 0 Å². The summed E-state index contributed by atoms with van der Waals surface area (Å²) in [4.78, 5) is 0. The summed E-state index contributed by atoms with van der Waals surface area (Å²) in [5.74, 6) is 0. The normalized spacial score (nSPS) is 8.00. The van der Waals surface area contributed by atoms with Gasteiger partial charge in [-0.3, -0.25) is 0 Å². The predicted molar refractivity (Wildman–Crippen MR) is 402 cm³/mol. The van der Waals surface area contributed by atoms with Gasteiger partial charge in [0, 0.05) is 624 Å². The summed E-state index contributed by atoms with van der Waals surface area (Å²) in [5.41, 5.74) is 0. The van der Waals surface area contributed by atoms with Crippen molar-refractivity contribution < 1.29 is 871 Å². The Bertz CT molecular complexity index is 1120. The Labute approximate surface area is 1170 Å². The van der Waals surface area contributed by atoms with E-state index in [0.717, 1.165) is 0 Å². The van der Waals surface area contributed by atoms with Crippen molar-refractivity contribution in [3.05, 3.63) is 0 Å². The molecule has 0 spiro atoms. The van der Waals surface area contributed by atoms with Gasteiger partial charge >= 0.3 is 0 Å². The molecule has 141 heavy (non-hydrogen) atoms. The van der Waals surface area contributed by atoms with E-state index in [4.69, 9.17) is 317 Å². The van der Waals surface area contributed by atoms with E-state index in [9.17, 15) is 0 Å². The molecule has 0 heterocycles. The van der Waals surface area contributed by atoms with Crippen LogP contribution in [0.2, 0.25) is 0 Å². The predicted octanol–water partition coefficient (Wildman–Crippen LogP) is -38.6. The largest absolute Gasteiger partial charge is 0.457 e. The Morgan fingerprint density at radius 2 is 0.156 bits per heavy atom. The molecule has 0 fully saturated rings. The van der Waals surface area contributed by atoms with Gasteiger partial charge in [0.1, 0.15) is 39.8 Å². The molecule has 0 radical (unpaired) electrons. The van der Waals surface area contributed by atoms with Crippen molar-refractivity contribution in [2.24, 2.45) is 0 Å². The zero-order chi connectivity index (χ0) is 94.8. The first-order chi connectivity index (χ1) is 50.7. The molecule has 0 saturated heterocycles. The topological polar surface area (TPSA) is 1610 Å². The SMILES string of the molecule is CC(O)O.CC(O)O.O.O.O.O.O.O.O.OC(O)CC(O)O.OC(O)CC(O)O.OC(O)CC(O)O.OC(O)CC(O)O.OC(O)CC(O)O.OC(O)CC(O)O.OC(O)CC(O)O.OC(O)CC(O)O.OCCC(O)O.OCCC(O)O.OCCC(O)O.OCCC(O)O.OCCC(O)O.OCCC(O)O.OCO.OCO.OCO.OCO.[Cd].[Cd].[Cd].[Cd].[Cd].[Cd].[Cd].[Cd].[Cd].[Cd].[Cd].[Cd].[Cd].[Cd].[Cd].[Cd].[Cd].[Cd].[HH].[HH].[OH3+].[OH3+].[OH3+].[OH3+]. The maximum atomic E-state index is 7.96. The van der Waals surface area contributed by atoms with Gasteiger partial charge in [0.2, 0.25) is 0 Å². The van der Waals surface area contributed by atoms with Crippen molar-refractivity contribution in [3.63, 3.8) is 0 Å². The average molecular weight is 3960 g/mol. The minimum absolute atomic E-state index is 0. The molecule has 0 rings (SSSR count). The van der Waals surface area contributed by atoms with Gasteiger partial charge in [-0.1, -0.05) is 0 Å².